The summed E-state index contributed by atoms with van der Waals surface area (Å²) in [6.07, 6.45) is 5.79. The molecule has 0 unspecified atom stereocenters. The van der Waals surface area contributed by atoms with Crippen LogP contribution in [0.2, 0.25) is 0 Å². The lowest BCUT2D eigenvalue weighted by molar-refractivity contribution is 0.618. The van der Waals surface area contributed by atoms with E-state index < -0.39 is 0 Å². The van der Waals surface area contributed by atoms with E-state index in [1.807, 2.05) is 13.2 Å². The molecule has 3 nitrogen and oxygen atoms in total. The fraction of sp³-hybridized carbons (Fsp3) is 0.688. The van der Waals surface area contributed by atoms with E-state index in [4.69, 9.17) is 0 Å². The summed E-state index contributed by atoms with van der Waals surface area (Å²) in [6.45, 7) is 10.9. The van der Waals surface area contributed by atoms with E-state index >= 15 is 0 Å². The number of rotatable bonds is 8. The van der Waals surface area contributed by atoms with Gasteiger partial charge in [0.15, 0.2) is 0 Å². The second-order valence-corrected chi connectivity index (χ2v) is 5.51. The van der Waals surface area contributed by atoms with Crippen LogP contribution in [0.15, 0.2) is 12.3 Å². The average Bonchev–Trinajstić information content (AvgIpc) is 2.36. The van der Waals surface area contributed by atoms with Gasteiger partial charge >= 0.3 is 0 Å². The van der Waals surface area contributed by atoms with Gasteiger partial charge in [-0.3, -0.25) is 0 Å². The van der Waals surface area contributed by atoms with Gasteiger partial charge in [-0.15, -0.1) is 0 Å². The van der Waals surface area contributed by atoms with Gasteiger partial charge in [-0.05, 0) is 51.4 Å². The molecule has 108 valence electrons. The molecular weight excluding hydrogens is 234 g/mol. The summed E-state index contributed by atoms with van der Waals surface area (Å²) in [5.41, 5.74) is 2.53. The largest absolute Gasteiger partial charge is 0.354 e. The highest BCUT2D eigenvalue weighted by Crippen LogP contribution is 2.21. The van der Waals surface area contributed by atoms with Crippen LogP contribution >= 0.6 is 0 Å². The fourth-order valence-corrected chi connectivity index (χ4v) is 2.37. The molecule has 0 aliphatic carbocycles. The highest BCUT2D eigenvalue weighted by Gasteiger charge is 2.14. The van der Waals surface area contributed by atoms with Crippen molar-refractivity contribution in [3.05, 3.63) is 23.4 Å². The maximum atomic E-state index is 4.68. The van der Waals surface area contributed by atoms with Gasteiger partial charge in [0.2, 0.25) is 0 Å². The summed E-state index contributed by atoms with van der Waals surface area (Å²) in [5.74, 6) is 1.14. The number of pyridine rings is 1. The molecule has 0 saturated carbocycles. The Hall–Kier alpha value is -1.09. The monoisotopic (exact) mass is 263 g/mol. The van der Waals surface area contributed by atoms with Crippen molar-refractivity contribution in [2.75, 3.05) is 18.5 Å². The summed E-state index contributed by atoms with van der Waals surface area (Å²) in [4.78, 5) is 7.11. The van der Waals surface area contributed by atoms with Crippen LogP contribution < -0.4 is 10.2 Å². The van der Waals surface area contributed by atoms with Crippen LogP contribution in [0, 0.1) is 6.92 Å². The number of nitrogens with one attached hydrogen (secondary N) is 1. The van der Waals surface area contributed by atoms with Crippen LogP contribution in [-0.4, -0.2) is 24.6 Å². The molecule has 1 aromatic heterocycles. The first-order valence-corrected chi connectivity index (χ1v) is 7.46. The molecule has 0 saturated heterocycles. The van der Waals surface area contributed by atoms with E-state index in [0.717, 1.165) is 18.9 Å². The van der Waals surface area contributed by atoms with Crippen molar-refractivity contribution >= 4 is 5.82 Å². The number of unbranched alkanes of at least 4 members (excludes halogenated alkanes) is 2. The molecule has 3 heteroatoms. The third kappa shape index (κ3) is 4.83. The predicted octanol–water partition coefficient (Wildman–Crippen LogP) is 3.51. The van der Waals surface area contributed by atoms with Crippen LogP contribution in [0.5, 0.6) is 0 Å². The van der Waals surface area contributed by atoms with Gasteiger partial charge in [0.05, 0.1) is 0 Å². The Morgan fingerprint density at radius 1 is 1.32 bits per heavy atom. The molecule has 0 aliphatic heterocycles. The summed E-state index contributed by atoms with van der Waals surface area (Å²) < 4.78 is 0. The molecule has 0 fully saturated rings. The van der Waals surface area contributed by atoms with Crippen molar-refractivity contribution in [2.24, 2.45) is 0 Å². The summed E-state index contributed by atoms with van der Waals surface area (Å²) in [7, 11) is 1.97. The molecule has 0 atom stereocenters. The van der Waals surface area contributed by atoms with E-state index in [0.29, 0.717) is 6.04 Å². The zero-order chi connectivity index (χ0) is 14.3. The standard InChI is InChI=1S/C16H29N3/c1-6-7-8-9-19(13(2)3)16-14(4)10-15(11-17-5)12-18-16/h10,12-13,17H,6-9,11H2,1-5H3. The van der Waals surface area contributed by atoms with Crippen LogP contribution in [0.4, 0.5) is 5.82 Å². The Balaban J connectivity index is 2.83. The minimum Gasteiger partial charge on any atom is -0.354 e. The van der Waals surface area contributed by atoms with E-state index in [9.17, 15) is 0 Å². The SMILES string of the molecule is CCCCCN(c1ncc(CNC)cc1C)C(C)C. The first-order valence-electron chi connectivity index (χ1n) is 7.46. The average molecular weight is 263 g/mol. The minimum atomic E-state index is 0.498. The lowest BCUT2D eigenvalue weighted by atomic mass is 10.1. The van der Waals surface area contributed by atoms with Crippen molar-refractivity contribution in [3.63, 3.8) is 0 Å². The first-order chi connectivity index (χ1) is 9.10. The van der Waals surface area contributed by atoms with Crippen molar-refractivity contribution in [2.45, 2.75) is 59.5 Å². The number of hydrogen-bond acceptors (Lipinski definition) is 3. The Morgan fingerprint density at radius 3 is 2.58 bits per heavy atom. The lowest BCUT2D eigenvalue weighted by Crippen LogP contribution is -2.33. The molecule has 1 rings (SSSR count). The van der Waals surface area contributed by atoms with Gasteiger partial charge in [0.25, 0.3) is 0 Å². The molecule has 0 spiro atoms. The number of hydrogen-bond donors (Lipinski definition) is 1. The molecule has 0 aliphatic rings. The van der Waals surface area contributed by atoms with Gasteiger partial charge in [0, 0.05) is 25.3 Å². The number of aromatic nitrogens is 1. The normalized spacial score (nSPS) is 11.1. The van der Waals surface area contributed by atoms with E-state index in [1.54, 1.807) is 0 Å². The third-order valence-electron chi connectivity index (χ3n) is 3.39. The molecule has 1 N–H and O–H groups in total. The molecule has 1 heterocycles. The van der Waals surface area contributed by atoms with Crippen LogP contribution in [0.3, 0.4) is 0 Å². The van der Waals surface area contributed by atoms with Crippen molar-refractivity contribution in [1.29, 1.82) is 0 Å². The first kappa shape index (κ1) is 16.0. The smallest absolute Gasteiger partial charge is 0.131 e. The Morgan fingerprint density at radius 2 is 2.05 bits per heavy atom. The van der Waals surface area contributed by atoms with E-state index in [-0.39, 0.29) is 0 Å². The fourth-order valence-electron chi connectivity index (χ4n) is 2.37. The molecular formula is C16H29N3. The molecule has 0 radical (unpaired) electrons. The van der Waals surface area contributed by atoms with Gasteiger partial charge in [-0.2, -0.15) is 0 Å². The van der Waals surface area contributed by atoms with E-state index in [2.05, 4.69) is 49.0 Å². The summed E-state index contributed by atoms with van der Waals surface area (Å²) in [5, 5.41) is 3.17. The lowest BCUT2D eigenvalue weighted by Gasteiger charge is -2.29. The number of nitrogens with zero attached hydrogens (tertiary/aromatic N) is 2. The second-order valence-electron chi connectivity index (χ2n) is 5.51. The maximum absolute atomic E-state index is 4.68. The highest BCUT2D eigenvalue weighted by atomic mass is 15.2. The molecule has 19 heavy (non-hydrogen) atoms. The maximum Gasteiger partial charge on any atom is 0.131 e. The minimum absolute atomic E-state index is 0.498. The van der Waals surface area contributed by atoms with Gasteiger partial charge in [-0.25, -0.2) is 4.98 Å². The Bertz CT molecular complexity index is 374. The van der Waals surface area contributed by atoms with Gasteiger partial charge in [-0.1, -0.05) is 19.8 Å². The van der Waals surface area contributed by atoms with Crippen LogP contribution in [0.1, 0.15) is 51.2 Å². The van der Waals surface area contributed by atoms with Crippen molar-refractivity contribution in [3.8, 4) is 0 Å². The zero-order valence-electron chi connectivity index (χ0n) is 13.2. The third-order valence-corrected chi connectivity index (χ3v) is 3.39. The topological polar surface area (TPSA) is 28.2 Å². The number of aryl methyl sites for hydroxylation is 1. The summed E-state index contributed by atoms with van der Waals surface area (Å²) in [6, 6.07) is 2.74. The van der Waals surface area contributed by atoms with Gasteiger partial charge < -0.3 is 10.2 Å². The van der Waals surface area contributed by atoms with Crippen LogP contribution in [-0.2, 0) is 6.54 Å². The summed E-state index contributed by atoms with van der Waals surface area (Å²) >= 11 is 0. The second kappa shape index (κ2) is 8.16. The molecule has 0 bridgehead atoms. The van der Waals surface area contributed by atoms with Crippen LogP contribution in [0.25, 0.3) is 0 Å². The molecule has 0 amide bonds. The Labute approximate surface area is 118 Å². The molecule has 1 aromatic rings. The highest BCUT2D eigenvalue weighted by molar-refractivity contribution is 5.48. The quantitative estimate of drug-likeness (QED) is 0.727. The number of anilines is 1. The zero-order valence-corrected chi connectivity index (χ0v) is 13.2. The van der Waals surface area contributed by atoms with Crippen molar-refractivity contribution < 1.29 is 0 Å². The molecule has 0 aromatic carbocycles. The Kier molecular flexibility index (Phi) is 6.85. The van der Waals surface area contributed by atoms with Crippen molar-refractivity contribution in [1.82, 2.24) is 10.3 Å². The predicted molar refractivity (Wildman–Crippen MR) is 83.7 cm³/mol. The van der Waals surface area contributed by atoms with E-state index in [1.165, 1.54) is 30.4 Å². The van der Waals surface area contributed by atoms with Gasteiger partial charge in [0.1, 0.15) is 5.82 Å².